The van der Waals surface area contributed by atoms with Crippen molar-refractivity contribution in [3.8, 4) is 0 Å². The van der Waals surface area contributed by atoms with Gasteiger partial charge in [0.05, 0.1) is 11.8 Å². The van der Waals surface area contributed by atoms with Crippen LogP contribution < -0.4 is 5.32 Å². The number of nitrogens with zero attached hydrogens (tertiary/aromatic N) is 1. The minimum Gasteiger partial charge on any atom is -0.481 e. The lowest BCUT2D eigenvalue weighted by molar-refractivity contribution is -0.137. The fourth-order valence-corrected chi connectivity index (χ4v) is 1.87. The van der Waals surface area contributed by atoms with Crippen LogP contribution in [0.1, 0.15) is 19.3 Å². The molecule has 0 aromatic carbocycles. The molecule has 5 nitrogen and oxygen atoms in total. The Morgan fingerprint density at radius 1 is 1.56 bits per heavy atom. The van der Waals surface area contributed by atoms with E-state index in [4.69, 9.17) is 5.11 Å². The molecule has 84 valence electrons. The summed E-state index contributed by atoms with van der Waals surface area (Å²) in [5, 5.41) is 11.3. The lowest BCUT2D eigenvalue weighted by Gasteiger charge is -2.17. The van der Waals surface area contributed by atoms with E-state index in [0.717, 1.165) is 11.3 Å². The van der Waals surface area contributed by atoms with Gasteiger partial charge in [-0.25, -0.2) is 4.79 Å². The Balaban J connectivity index is 1.98. The highest BCUT2D eigenvalue weighted by Crippen LogP contribution is 2.20. The molecule has 0 radical (unpaired) electrons. The number of nitrogens with one attached hydrogen (secondary N) is 1. The van der Waals surface area contributed by atoms with Crippen LogP contribution in [0.15, 0.2) is 28.8 Å². The third-order valence-corrected chi connectivity index (χ3v) is 2.60. The van der Waals surface area contributed by atoms with Gasteiger partial charge in [0, 0.05) is 6.42 Å². The van der Waals surface area contributed by atoms with Crippen molar-refractivity contribution in [1.29, 1.82) is 0 Å². The van der Waals surface area contributed by atoms with E-state index in [-0.39, 0.29) is 18.5 Å². The topological polar surface area (TPSA) is 78.8 Å². The molecule has 0 fully saturated rings. The molecule has 16 heavy (non-hydrogen) atoms. The number of hydrogen-bond donors (Lipinski definition) is 2. The Bertz CT molecular complexity index is 421. The molecule has 5 heteroatoms. The van der Waals surface area contributed by atoms with Crippen molar-refractivity contribution in [2.75, 3.05) is 0 Å². The highest BCUT2D eigenvalue weighted by atomic mass is 16.4. The molecule has 2 aliphatic rings. The largest absolute Gasteiger partial charge is 0.481 e. The fourth-order valence-electron chi connectivity index (χ4n) is 1.87. The Morgan fingerprint density at radius 2 is 2.38 bits per heavy atom. The van der Waals surface area contributed by atoms with Crippen molar-refractivity contribution in [2.45, 2.75) is 25.3 Å². The second-order valence-corrected chi connectivity index (χ2v) is 3.77. The molecule has 0 saturated carbocycles. The first-order valence-electron chi connectivity index (χ1n) is 5.15. The molecule has 1 heterocycles. The van der Waals surface area contributed by atoms with Gasteiger partial charge in [0.25, 0.3) is 0 Å². The summed E-state index contributed by atoms with van der Waals surface area (Å²) in [5.41, 5.74) is 1.74. The van der Waals surface area contributed by atoms with Crippen molar-refractivity contribution < 1.29 is 14.7 Å². The Morgan fingerprint density at radius 3 is 3.12 bits per heavy atom. The second-order valence-electron chi connectivity index (χ2n) is 3.77. The normalized spacial score (nSPS) is 22.2. The van der Waals surface area contributed by atoms with Gasteiger partial charge in [-0.3, -0.25) is 4.79 Å². The molecule has 0 aromatic rings. The number of amides is 2. The van der Waals surface area contributed by atoms with Gasteiger partial charge in [0.2, 0.25) is 0 Å². The van der Waals surface area contributed by atoms with Gasteiger partial charge in [-0.2, -0.15) is 4.99 Å². The van der Waals surface area contributed by atoms with Crippen molar-refractivity contribution in [1.82, 2.24) is 5.32 Å². The molecule has 1 unspecified atom stereocenters. The third-order valence-electron chi connectivity index (χ3n) is 2.60. The first-order chi connectivity index (χ1) is 7.66. The number of urea groups is 1. The molecule has 0 saturated heterocycles. The summed E-state index contributed by atoms with van der Waals surface area (Å²) in [5.74, 6) is -0.795. The number of fused-ring (bicyclic) bond motifs is 1. The van der Waals surface area contributed by atoms with Crippen LogP contribution in [0.3, 0.4) is 0 Å². The van der Waals surface area contributed by atoms with Crippen LogP contribution in [-0.4, -0.2) is 28.9 Å². The number of rotatable bonds is 4. The lowest BCUT2D eigenvalue weighted by atomic mass is 9.93. The molecule has 1 atom stereocenters. The zero-order chi connectivity index (χ0) is 11.5. The second kappa shape index (κ2) is 4.30. The van der Waals surface area contributed by atoms with E-state index in [2.05, 4.69) is 10.3 Å². The Hall–Kier alpha value is -1.91. The number of carbonyl (C=O) groups is 2. The maximum Gasteiger partial charge on any atom is 0.342 e. The average molecular weight is 220 g/mol. The highest BCUT2D eigenvalue weighted by molar-refractivity contribution is 6.13. The summed E-state index contributed by atoms with van der Waals surface area (Å²) >= 11 is 0. The third kappa shape index (κ3) is 2.18. The van der Waals surface area contributed by atoms with Gasteiger partial charge in [0.15, 0.2) is 0 Å². The first-order valence-corrected chi connectivity index (χ1v) is 5.15. The smallest absolute Gasteiger partial charge is 0.342 e. The van der Waals surface area contributed by atoms with Gasteiger partial charge in [-0.05, 0) is 24.5 Å². The predicted octanol–water partition coefficient (Wildman–Crippen LogP) is 1.27. The van der Waals surface area contributed by atoms with Crippen LogP contribution in [0.2, 0.25) is 0 Å². The average Bonchev–Trinajstić information content (AvgIpc) is 2.58. The van der Waals surface area contributed by atoms with Gasteiger partial charge < -0.3 is 10.4 Å². The van der Waals surface area contributed by atoms with Crippen LogP contribution in [-0.2, 0) is 4.79 Å². The van der Waals surface area contributed by atoms with Gasteiger partial charge >= 0.3 is 12.0 Å². The summed E-state index contributed by atoms with van der Waals surface area (Å²) in [4.78, 5) is 25.3. The lowest BCUT2D eigenvalue weighted by Crippen LogP contribution is -2.34. The number of carboxylic acids is 1. The van der Waals surface area contributed by atoms with Crippen molar-refractivity contribution in [2.24, 2.45) is 4.99 Å². The number of carboxylic acid groups (broad SMARTS) is 1. The Labute approximate surface area is 92.6 Å². The van der Waals surface area contributed by atoms with Gasteiger partial charge in [-0.1, -0.05) is 12.2 Å². The van der Waals surface area contributed by atoms with Crippen molar-refractivity contribution in [3.05, 3.63) is 23.8 Å². The number of hydrogen-bond acceptors (Lipinski definition) is 2. The quantitative estimate of drug-likeness (QED) is 0.748. The van der Waals surface area contributed by atoms with E-state index in [1.54, 1.807) is 6.08 Å². The van der Waals surface area contributed by atoms with Gasteiger partial charge in [0.1, 0.15) is 0 Å². The molecule has 0 bridgehead atoms. The number of aliphatic carboxylic acids is 1. The van der Waals surface area contributed by atoms with Crippen LogP contribution >= 0.6 is 0 Å². The molecule has 1 aliphatic carbocycles. The molecular weight excluding hydrogens is 208 g/mol. The van der Waals surface area contributed by atoms with Crippen LogP contribution in [0.25, 0.3) is 0 Å². The molecular formula is C11H12N2O3. The maximum atomic E-state index is 11.1. The van der Waals surface area contributed by atoms with Gasteiger partial charge in [-0.15, -0.1) is 0 Å². The van der Waals surface area contributed by atoms with E-state index in [1.165, 1.54) is 0 Å². The number of aliphatic imine (C=N–C) groups is 1. The summed E-state index contributed by atoms with van der Waals surface area (Å²) in [6, 6.07) is -0.470. The first kappa shape index (κ1) is 10.6. The zero-order valence-corrected chi connectivity index (χ0v) is 8.64. The number of allylic oxidation sites excluding steroid dienone is 2. The van der Waals surface area contributed by atoms with E-state index < -0.39 is 5.97 Å². The minimum atomic E-state index is -0.795. The number of carbonyl (C=O) groups excluding carboxylic acids is 1. The standard InChI is InChI=1S/C11H12N2O3/c14-9(15)6-2-4-7-3-1-5-8-10(7)13-11(16)12-8/h1,3,5,10H,2,4,6H2,(H,13,16)(H,14,15). The van der Waals surface area contributed by atoms with E-state index in [9.17, 15) is 9.59 Å². The van der Waals surface area contributed by atoms with Crippen LogP contribution in [0, 0.1) is 0 Å². The van der Waals surface area contributed by atoms with Crippen molar-refractivity contribution in [3.63, 3.8) is 0 Å². The monoisotopic (exact) mass is 220 g/mol. The van der Waals surface area contributed by atoms with Crippen LogP contribution in [0.5, 0.6) is 0 Å². The predicted molar refractivity (Wildman–Crippen MR) is 58.5 cm³/mol. The van der Waals surface area contributed by atoms with E-state index in [1.807, 2.05) is 12.2 Å². The highest BCUT2D eigenvalue weighted by Gasteiger charge is 2.28. The summed E-state index contributed by atoms with van der Waals surface area (Å²) in [6.07, 6.45) is 6.94. The minimum absolute atomic E-state index is 0.147. The summed E-state index contributed by atoms with van der Waals surface area (Å²) in [6.45, 7) is 0. The van der Waals surface area contributed by atoms with Crippen LogP contribution in [0.4, 0.5) is 4.79 Å². The Kier molecular flexibility index (Phi) is 2.85. The fraction of sp³-hybridized carbons (Fsp3) is 0.364. The maximum absolute atomic E-state index is 11.1. The SMILES string of the molecule is O=C(O)CCCC1=CC=CC2=NC(=O)NC12. The van der Waals surface area contributed by atoms with E-state index in [0.29, 0.717) is 12.8 Å². The molecule has 0 aromatic heterocycles. The van der Waals surface area contributed by atoms with Crippen molar-refractivity contribution >= 4 is 17.7 Å². The molecule has 1 aliphatic heterocycles. The zero-order valence-electron chi connectivity index (χ0n) is 8.64. The molecule has 2 rings (SSSR count). The molecule has 2 amide bonds. The summed E-state index contributed by atoms with van der Waals surface area (Å²) in [7, 11) is 0. The molecule has 0 spiro atoms. The summed E-state index contributed by atoms with van der Waals surface area (Å²) < 4.78 is 0. The molecule has 2 N–H and O–H groups in total. The van der Waals surface area contributed by atoms with E-state index >= 15 is 0 Å².